The van der Waals surface area contributed by atoms with Gasteiger partial charge in [0, 0.05) is 22.5 Å². The summed E-state index contributed by atoms with van der Waals surface area (Å²) in [6.07, 6.45) is 0. The van der Waals surface area contributed by atoms with E-state index in [2.05, 4.69) is 26.1 Å². The Hall–Kier alpha value is -3.60. The molecule has 2 bridgehead atoms. The van der Waals surface area contributed by atoms with Gasteiger partial charge in [0.1, 0.15) is 0 Å². The van der Waals surface area contributed by atoms with Crippen LogP contribution in [-0.4, -0.2) is 11.8 Å². The van der Waals surface area contributed by atoms with Crippen LogP contribution in [0.25, 0.3) is 22.3 Å². The lowest BCUT2D eigenvalue weighted by Crippen LogP contribution is -2.37. The smallest absolute Gasteiger partial charge is 0.258 e. The molecule has 4 rings (SSSR count). The molecule has 2 amide bonds. The summed E-state index contributed by atoms with van der Waals surface area (Å²) >= 11 is 0. The Balaban J connectivity index is 2.17. The number of hydrogen-bond donors (Lipinski definition) is 3. The van der Waals surface area contributed by atoms with Gasteiger partial charge in [0.05, 0.1) is 0 Å². The third-order valence-corrected chi connectivity index (χ3v) is 5.19. The molecular weight excluding hydrogens is 362 g/mol. The van der Waals surface area contributed by atoms with Crippen LogP contribution >= 0.6 is 0 Å². The zero-order valence-electron chi connectivity index (χ0n) is 16.7. The molecule has 0 saturated carbocycles. The third kappa shape index (κ3) is 3.14. The SMILES string of the molecule is CC(C)(C)c1c(-c2ccc(N)cc2)c2cc(c1-c1ccc(N)cc1)C(=O)NC2=O. The second kappa shape index (κ2) is 6.48. The first kappa shape index (κ1) is 18.7. The maximum atomic E-state index is 12.7. The second-order valence-electron chi connectivity index (χ2n) is 8.37. The Bertz CT molecular complexity index is 1060. The maximum Gasteiger partial charge on any atom is 0.258 e. The lowest BCUT2D eigenvalue weighted by atomic mass is 9.73. The molecule has 5 nitrogen and oxygen atoms in total. The van der Waals surface area contributed by atoms with Gasteiger partial charge in [-0.1, -0.05) is 45.0 Å². The minimum atomic E-state index is -0.385. The van der Waals surface area contributed by atoms with Crippen molar-refractivity contribution in [2.45, 2.75) is 26.2 Å². The average molecular weight is 385 g/mol. The number of nitrogens with two attached hydrogens (primary N) is 2. The quantitative estimate of drug-likeness (QED) is 0.451. The molecule has 0 aliphatic carbocycles. The summed E-state index contributed by atoms with van der Waals surface area (Å²) in [6.45, 7) is 6.25. The molecule has 0 radical (unpaired) electrons. The highest BCUT2D eigenvalue weighted by atomic mass is 16.2. The van der Waals surface area contributed by atoms with Crippen LogP contribution in [0.4, 0.5) is 11.4 Å². The molecule has 5 N–H and O–H groups in total. The van der Waals surface area contributed by atoms with Crippen LogP contribution in [0.5, 0.6) is 0 Å². The Morgan fingerprint density at radius 1 is 0.690 bits per heavy atom. The van der Waals surface area contributed by atoms with E-state index in [4.69, 9.17) is 11.5 Å². The number of nitrogens with one attached hydrogen (secondary N) is 1. The van der Waals surface area contributed by atoms with E-state index in [0.29, 0.717) is 22.5 Å². The van der Waals surface area contributed by atoms with Gasteiger partial charge >= 0.3 is 0 Å². The summed E-state index contributed by atoms with van der Waals surface area (Å²) in [5.74, 6) is -0.771. The van der Waals surface area contributed by atoms with Crippen molar-refractivity contribution in [3.05, 3.63) is 71.3 Å². The molecule has 0 fully saturated rings. The van der Waals surface area contributed by atoms with E-state index >= 15 is 0 Å². The van der Waals surface area contributed by atoms with Crippen LogP contribution in [0.3, 0.4) is 0 Å². The van der Waals surface area contributed by atoms with Gasteiger partial charge in [0.15, 0.2) is 0 Å². The fraction of sp³-hybridized carbons (Fsp3) is 0.167. The Kier molecular flexibility index (Phi) is 4.19. The maximum absolute atomic E-state index is 12.7. The van der Waals surface area contributed by atoms with Crippen LogP contribution in [0.2, 0.25) is 0 Å². The number of hydrogen-bond acceptors (Lipinski definition) is 4. The van der Waals surface area contributed by atoms with Crippen molar-refractivity contribution in [3.8, 4) is 22.3 Å². The number of nitrogen functional groups attached to an aromatic ring is 2. The summed E-state index contributed by atoms with van der Waals surface area (Å²) < 4.78 is 0. The van der Waals surface area contributed by atoms with Gasteiger partial charge in [-0.05, 0) is 63.6 Å². The van der Waals surface area contributed by atoms with Crippen LogP contribution < -0.4 is 16.8 Å². The van der Waals surface area contributed by atoms with E-state index in [1.807, 2.05) is 48.5 Å². The van der Waals surface area contributed by atoms with E-state index in [-0.39, 0.29) is 17.2 Å². The average Bonchev–Trinajstić information content (AvgIpc) is 2.66. The van der Waals surface area contributed by atoms with Crippen molar-refractivity contribution in [2.75, 3.05) is 11.5 Å². The van der Waals surface area contributed by atoms with Crippen molar-refractivity contribution in [1.82, 2.24) is 5.32 Å². The minimum absolute atomic E-state index is 0.337. The molecule has 0 unspecified atom stereocenters. The molecule has 3 aromatic rings. The number of rotatable bonds is 2. The van der Waals surface area contributed by atoms with Gasteiger partial charge in [-0.2, -0.15) is 0 Å². The topological polar surface area (TPSA) is 98.2 Å². The highest BCUT2D eigenvalue weighted by Gasteiger charge is 2.35. The normalized spacial score (nSPS) is 13.3. The van der Waals surface area contributed by atoms with Crippen molar-refractivity contribution in [1.29, 1.82) is 0 Å². The molecule has 1 heterocycles. The number of imide groups is 1. The highest BCUT2D eigenvalue weighted by molar-refractivity contribution is 6.21. The molecule has 29 heavy (non-hydrogen) atoms. The van der Waals surface area contributed by atoms with Crippen molar-refractivity contribution in [3.63, 3.8) is 0 Å². The fourth-order valence-electron chi connectivity index (χ4n) is 3.93. The van der Waals surface area contributed by atoms with Crippen molar-refractivity contribution >= 4 is 23.2 Å². The van der Waals surface area contributed by atoms with Crippen LogP contribution in [0.1, 0.15) is 47.1 Å². The summed E-state index contributed by atoms with van der Waals surface area (Å²) in [7, 11) is 0. The van der Waals surface area contributed by atoms with E-state index in [1.54, 1.807) is 6.07 Å². The molecule has 0 spiro atoms. The second-order valence-corrected chi connectivity index (χ2v) is 8.37. The summed E-state index contributed by atoms with van der Waals surface area (Å²) in [4.78, 5) is 25.5. The first-order valence-electron chi connectivity index (χ1n) is 9.46. The largest absolute Gasteiger partial charge is 0.399 e. The van der Waals surface area contributed by atoms with Crippen LogP contribution in [0, 0.1) is 0 Å². The number of carbonyl (C=O) groups excluding carboxylic acids is 2. The number of anilines is 2. The van der Waals surface area contributed by atoms with Gasteiger partial charge in [0.25, 0.3) is 11.8 Å². The lowest BCUT2D eigenvalue weighted by molar-refractivity contribution is 0.0841. The molecule has 0 saturated heterocycles. The molecule has 146 valence electrons. The summed E-state index contributed by atoms with van der Waals surface area (Å²) in [5, 5.41) is 2.49. The number of carbonyl (C=O) groups is 2. The third-order valence-electron chi connectivity index (χ3n) is 5.19. The first-order chi connectivity index (χ1) is 13.7. The van der Waals surface area contributed by atoms with Crippen LogP contribution in [-0.2, 0) is 5.41 Å². The fourth-order valence-corrected chi connectivity index (χ4v) is 3.93. The van der Waals surface area contributed by atoms with Gasteiger partial charge in [0.2, 0.25) is 0 Å². The van der Waals surface area contributed by atoms with Crippen molar-refractivity contribution < 1.29 is 9.59 Å². The summed E-state index contributed by atoms with van der Waals surface area (Å²) in [5.41, 5.74) is 18.1. The standard InChI is InChI=1S/C24H23N3O2/c1-24(2,3)21-19(13-4-8-15(25)9-5-13)17-12-18(23(29)27-22(17)28)20(21)14-6-10-16(26)11-7-14/h4-12H,25-26H2,1-3H3,(H,27,28,29). The molecule has 0 aromatic heterocycles. The van der Waals surface area contributed by atoms with E-state index in [1.165, 1.54) is 0 Å². The molecule has 1 aliphatic rings. The van der Waals surface area contributed by atoms with E-state index in [9.17, 15) is 9.59 Å². The number of fused-ring (bicyclic) bond motifs is 2. The Morgan fingerprint density at radius 3 is 1.41 bits per heavy atom. The molecule has 0 atom stereocenters. The predicted molar refractivity (Wildman–Crippen MR) is 117 cm³/mol. The van der Waals surface area contributed by atoms with E-state index < -0.39 is 0 Å². The number of benzene rings is 3. The molecule has 5 heteroatoms. The Morgan fingerprint density at radius 2 is 1.07 bits per heavy atom. The first-order valence-corrected chi connectivity index (χ1v) is 9.46. The van der Waals surface area contributed by atoms with Gasteiger partial charge in [-0.25, -0.2) is 0 Å². The van der Waals surface area contributed by atoms with Gasteiger partial charge in [-0.15, -0.1) is 0 Å². The summed E-state index contributed by atoms with van der Waals surface area (Å²) in [6, 6.07) is 16.6. The highest BCUT2D eigenvalue weighted by Crippen LogP contribution is 2.45. The van der Waals surface area contributed by atoms with E-state index in [0.717, 1.165) is 27.8 Å². The molecule has 3 aromatic carbocycles. The zero-order valence-corrected chi connectivity index (χ0v) is 16.7. The monoisotopic (exact) mass is 385 g/mol. The molecule has 1 aliphatic heterocycles. The van der Waals surface area contributed by atoms with Gasteiger partial charge in [-0.3, -0.25) is 14.9 Å². The van der Waals surface area contributed by atoms with Crippen LogP contribution in [0.15, 0.2) is 54.6 Å². The minimum Gasteiger partial charge on any atom is -0.399 e. The lowest BCUT2D eigenvalue weighted by Gasteiger charge is -2.32. The number of amides is 2. The predicted octanol–water partition coefficient (Wildman–Crippen LogP) is 4.37. The molecular formula is C24H23N3O2. The zero-order chi connectivity index (χ0) is 20.9. The van der Waals surface area contributed by atoms with Gasteiger partial charge < -0.3 is 11.5 Å². The van der Waals surface area contributed by atoms with Crippen molar-refractivity contribution in [2.24, 2.45) is 0 Å². The Labute approximate surface area is 169 Å².